The van der Waals surface area contributed by atoms with Crippen LogP contribution in [0.3, 0.4) is 0 Å². The van der Waals surface area contributed by atoms with Crippen LogP contribution in [0.1, 0.15) is 10.4 Å². The number of halogens is 4. The van der Waals surface area contributed by atoms with Gasteiger partial charge in [0.25, 0.3) is 17.2 Å². The molecule has 33 heavy (non-hydrogen) atoms. The lowest BCUT2D eigenvalue weighted by molar-refractivity contribution is -0.384. The van der Waals surface area contributed by atoms with Crippen molar-refractivity contribution >= 4 is 63.8 Å². The maximum atomic E-state index is 13.3. The number of carbonyl (C=O) groups is 1. The number of aromatic nitrogens is 5. The van der Waals surface area contributed by atoms with Crippen LogP contribution in [0.15, 0.2) is 41.2 Å². The minimum atomic E-state index is -0.747. The van der Waals surface area contributed by atoms with Crippen molar-refractivity contribution in [3.8, 4) is 17.1 Å². The van der Waals surface area contributed by atoms with Gasteiger partial charge in [-0.05, 0) is 29.8 Å². The second-order valence-corrected chi connectivity index (χ2v) is 8.04. The number of rotatable bonds is 5. The summed E-state index contributed by atoms with van der Waals surface area (Å²) in [6.45, 7) is 0. The third kappa shape index (κ3) is 4.44. The molecule has 11 nitrogen and oxygen atoms in total. The second-order valence-electron chi connectivity index (χ2n) is 6.43. The Kier molecular flexibility index (Phi) is 6.13. The monoisotopic (exact) mass is 527 g/mol. The number of benzene rings is 2. The minimum Gasteiger partial charge on any atom is -0.306 e. The van der Waals surface area contributed by atoms with Gasteiger partial charge in [-0.15, -0.1) is 0 Å². The summed E-state index contributed by atoms with van der Waals surface area (Å²) in [5, 5.41) is 22.7. The van der Waals surface area contributed by atoms with Crippen molar-refractivity contribution in [1.82, 2.24) is 25.0 Å². The smallest absolute Gasteiger partial charge is 0.284 e. The predicted octanol–water partition coefficient (Wildman–Crippen LogP) is 4.72. The first-order valence-electron chi connectivity index (χ1n) is 8.79. The standard InChI is InChI=1S/C18H9Cl4N7O4/c19-8-5-10(20)13(11(21)6-8)28-17(31)12(14-24-18(22)26-25-14)15(27-28)23-16(30)7-2-1-3-9(4-7)29(32)33/h1-6,27H,(H,23,30)(H,24,25,26). The number of nitro groups is 1. The maximum absolute atomic E-state index is 13.3. The quantitative estimate of drug-likeness (QED) is 0.251. The van der Waals surface area contributed by atoms with Crippen molar-refractivity contribution in [3.05, 3.63) is 82.8 Å². The van der Waals surface area contributed by atoms with Crippen LogP contribution in [0.5, 0.6) is 0 Å². The molecule has 0 aliphatic heterocycles. The minimum absolute atomic E-state index is 0.0284. The van der Waals surface area contributed by atoms with Gasteiger partial charge >= 0.3 is 0 Å². The highest BCUT2D eigenvalue weighted by Gasteiger charge is 2.25. The molecular weight excluding hydrogens is 520 g/mol. The van der Waals surface area contributed by atoms with Gasteiger partial charge in [-0.25, -0.2) is 9.78 Å². The number of nitro benzene ring substituents is 1. The Morgan fingerprint density at radius 3 is 2.42 bits per heavy atom. The first-order chi connectivity index (χ1) is 15.7. The first-order valence-corrected chi connectivity index (χ1v) is 10.3. The molecule has 0 aliphatic carbocycles. The van der Waals surface area contributed by atoms with Gasteiger partial charge in [0.15, 0.2) is 5.82 Å². The normalized spacial score (nSPS) is 10.9. The summed E-state index contributed by atoms with van der Waals surface area (Å²) >= 11 is 24.2. The molecule has 4 rings (SSSR count). The summed E-state index contributed by atoms with van der Waals surface area (Å²) in [4.78, 5) is 40.4. The molecule has 1 amide bonds. The lowest BCUT2D eigenvalue weighted by atomic mass is 10.2. The lowest BCUT2D eigenvalue weighted by Crippen LogP contribution is -2.17. The van der Waals surface area contributed by atoms with Gasteiger partial charge in [0.05, 0.1) is 15.0 Å². The average molecular weight is 529 g/mol. The van der Waals surface area contributed by atoms with Crippen LogP contribution in [0, 0.1) is 10.1 Å². The molecule has 4 aromatic rings. The van der Waals surface area contributed by atoms with E-state index in [2.05, 4.69) is 25.6 Å². The van der Waals surface area contributed by atoms with E-state index in [1.54, 1.807) is 0 Å². The molecule has 0 saturated heterocycles. The SMILES string of the molecule is O=C(Nc1[nH]n(-c2c(Cl)cc(Cl)cc2Cl)c(=O)c1-c1n[nH]c(Cl)n1)c1cccc([N+](=O)[O-])c1. The third-order valence-electron chi connectivity index (χ3n) is 4.34. The van der Waals surface area contributed by atoms with Crippen LogP contribution >= 0.6 is 46.4 Å². The number of anilines is 1. The van der Waals surface area contributed by atoms with E-state index in [0.29, 0.717) is 0 Å². The Bertz CT molecular complexity index is 1450. The van der Waals surface area contributed by atoms with E-state index in [-0.39, 0.29) is 54.5 Å². The molecule has 15 heteroatoms. The fourth-order valence-corrected chi connectivity index (χ4v) is 4.05. The van der Waals surface area contributed by atoms with E-state index < -0.39 is 16.4 Å². The van der Waals surface area contributed by atoms with Gasteiger partial charge < -0.3 is 5.32 Å². The molecule has 0 atom stereocenters. The van der Waals surface area contributed by atoms with Crippen LogP contribution in [-0.2, 0) is 0 Å². The fourth-order valence-electron chi connectivity index (χ4n) is 2.94. The molecule has 3 N–H and O–H groups in total. The highest BCUT2D eigenvalue weighted by atomic mass is 35.5. The first kappa shape index (κ1) is 22.8. The van der Waals surface area contributed by atoms with Crippen molar-refractivity contribution < 1.29 is 9.72 Å². The van der Waals surface area contributed by atoms with E-state index in [1.807, 2.05) is 0 Å². The van der Waals surface area contributed by atoms with Gasteiger partial charge in [-0.1, -0.05) is 40.9 Å². The van der Waals surface area contributed by atoms with Gasteiger partial charge in [-0.2, -0.15) is 10.1 Å². The Morgan fingerprint density at radius 1 is 1.12 bits per heavy atom. The number of aromatic amines is 2. The van der Waals surface area contributed by atoms with Crippen LogP contribution in [0.4, 0.5) is 11.5 Å². The van der Waals surface area contributed by atoms with Crippen LogP contribution in [0.2, 0.25) is 20.4 Å². The molecule has 168 valence electrons. The Labute approximate surface area is 203 Å². The molecule has 0 saturated carbocycles. The van der Waals surface area contributed by atoms with E-state index >= 15 is 0 Å². The van der Waals surface area contributed by atoms with Crippen molar-refractivity contribution in [1.29, 1.82) is 0 Å². The summed E-state index contributed by atoms with van der Waals surface area (Å²) < 4.78 is 0.976. The number of hydrogen-bond donors (Lipinski definition) is 3. The van der Waals surface area contributed by atoms with Gasteiger partial charge in [-0.3, -0.25) is 24.8 Å². The number of nitrogens with one attached hydrogen (secondary N) is 3. The van der Waals surface area contributed by atoms with Crippen molar-refractivity contribution in [2.45, 2.75) is 0 Å². The summed E-state index contributed by atoms with van der Waals surface area (Å²) in [6, 6.07) is 7.80. The van der Waals surface area contributed by atoms with Crippen molar-refractivity contribution in [2.24, 2.45) is 0 Å². The molecule has 0 spiro atoms. The topological polar surface area (TPSA) is 152 Å². The Balaban J connectivity index is 1.85. The molecule has 0 aliphatic rings. The van der Waals surface area contributed by atoms with Crippen LogP contribution in [0.25, 0.3) is 17.1 Å². The van der Waals surface area contributed by atoms with Gasteiger partial charge in [0, 0.05) is 22.7 Å². The summed E-state index contributed by atoms with van der Waals surface area (Å²) in [5.74, 6) is -1.01. The van der Waals surface area contributed by atoms with Gasteiger partial charge in [0.1, 0.15) is 17.1 Å². The average Bonchev–Trinajstić information content (AvgIpc) is 3.30. The second kappa shape index (κ2) is 8.87. The molecule has 2 aromatic heterocycles. The number of nitrogens with zero attached hydrogens (tertiary/aromatic N) is 4. The number of hydrogen-bond acceptors (Lipinski definition) is 6. The Hall–Kier alpha value is -3.38. The third-order valence-corrected chi connectivity index (χ3v) is 5.30. The number of amides is 1. The van der Waals surface area contributed by atoms with Crippen molar-refractivity contribution in [3.63, 3.8) is 0 Å². The summed E-state index contributed by atoms with van der Waals surface area (Å²) in [6.07, 6.45) is 0. The largest absolute Gasteiger partial charge is 0.306 e. The molecule has 0 bridgehead atoms. The highest BCUT2D eigenvalue weighted by Crippen LogP contribution is 2.33. The zero-order valence-electron chi connectivity index (χ0n) is 15.9. The van der Waals surface area contributed by atoms with Crippen LogP contribution < -0.4 is 10.9 Å². The highest BCUT2D eigenvalue weighted by molar-refractivity contribution is 6.40. The van der Waals surface area contributed by atoms with Gasteiger partial charge in [0.2, 0.25) is 5.28 Å². The van der Waals surface area contributed by atoms with E-state index in [1.165, 1.54) is 30.3 Å². The molecule has 0 fully saturated rings. The fraction of sp³-hybridized carbons (Fsp3) is 0. The maximum Gasteiger partial charge on any atom is 0.284 e. The zero-order chi connectivity index (χ0) is 23.9. The van der Waals surface area contributed by atoms with E-state index in [4.69, 9.17) is 46.4 Å². The van der Waals surface area contributed by atoms with Crippen LogP contribution in [-0.4, -0.2) is 35.8 Å². The summed E-state index contributed by atoms with van der Waals surface area (Å²) in [7, 11) is 0. The Morgan fingerprint density at radius 2 is 1.82 bits per heavy atom. The molecular formula is C18H9Cl4N7O4. The molecule has 2 aromatic carbocycles. The zero-order valence-corrected chi connectivity index (χ0v) is 18.9. The predicted molar refractivity (Wildman–Crippen MR) is 123 cm³/mol. The van der Waals surface area contributed by atoms with E-state index in [0.717, 1.165) is 10.7 Å². The number of H-pyrrole nitrogens is 2. The van der Waals surface area contributed by atoms with E-state index in [9.17, 15) is 19.7 Å². The number of non-ortho nitro benzene ring substituents is 1. The molecule has 0 radical (unpaired) electrons. The molecule has 2 heterocycles. The van der Waals surface area contributed by atoms with Crippen molar-refractivity contribution in [2.75, 3.05) is 5.32 Å². The summed E-state index contributed by atoms with van der Waals surface area (Å²) in [5.41, 5.74) is -1.13. The lowest BCUT2D eigenvalue weighted by Gasteiger charge is -2.08. The number of carbonyl (C=O) groups excluding carboxylic acids is 1. The molecule has 0 unspecified atom stereocenters.